The first-order valence-electron chi connectivity index (χ1n) is 5.11. The number of nitrogens with one attached hydrogen (secondary N) is 1. The van der Waals surface area contributed by atoms with Gasteiger partial charge in [-0.15, -0.1) is 0 Å². The highest BCUT2D eigenvalue weighted by Gasteiger charge is 2.10. The van der Waals surface area contributed by atoms with Gasteiger partial charge >= 0.3 is 5.00 Å². The van der Waals surface area contributed by atoms with Gasteiger partial charge in [-0.25, -0.2) is 0 Å². The number of anilines is 1. The molecule has 100 valence electrons. The van der Waals surface area contributed by atoms with Gasteiger partial charge in [0.05, 0.1) is 15.0 Å². The normalized spacial score (nSPS) is 10.4. The number of hydrogen-bond donors (Lipinski definition) is 2. The third-order valence-corrected chi connectivity index (χ3v) is 3.84. The molecular formula is C11H8Cl2N2O3S. The smallest absolute Gasteiger partial charge is 0.324 e. The van der Waals surface area contributed by atoms with Gasteiger partial charge in [-0.1, -0.05) is 34.5 Å². The Morgan fingerprint density at radius 1 is 1.32 bits per heavy atom. The molecule has 5 nitrogen and oxygen atoms in total. The van der Waals surface area contributed by atoms with Gasteiger partial charge < -0.3 is 10.4 Å². The van der Waals surface area contributed by atoms with E-state index in [-0.39, 0.29) is 20.8 Å². The molecule has 1 heterocycles. The van der Waals surface area contributed by atoms with E-state index in [1.807, 2.05) is 0 Å². The second-order valence-corrected chi connectivity index (χ2v) is 5.40. The van der Waals surface area contributed by atoms with Crippen molar-refractivity contribution in [2.24, 2.45) is 0 Å². The molecule has 0 aliphatic heterocycles. The molecule has 0 saturated heterocycles. The van der Waals surface area contributed by atoms with Crippen LogP contribution in [0.1, 0.15) is 5.56 Å². The molecule has 1 aromatic heterocycles. The van der Waals surface area contributed by atoms with Crippen molar-refractivity contribution >= 4 is 45.2 Å². The molecule has 0 aliphatic rings. The number of rotatable bonds is 4. The van der Waals surface area contributed by atoms with Crippen LogP contribution in [-0.4, -0.2) is 10.0 Å². The number of thiophene rings is 1. The van der Waals surface area contributed by atoms with Crippen LogP contribution in [0.4, 0.5) is 10.7 Å². The second-order valence-electron chi connectivity index (χ2n) is 3.69. The third-order valence-electron chi connectivity index (χ3n) is 2.33. The fourth-order valence-corrected chi connectivity index (χ4v) is 2.64. The molecule has 0 aliphatic carbocycles. The van der Waals surface area contributed by atoms with Crippen molar-refractivity contribution in [3.63, 3.8) is 0 Å². The molecule has 1 aromatic carbocycles. The van der Waals surface area contributed by atoms with Gasteiger partial charge in [0.25, 0.3) is 0 Å². The third kappa shape index (κ3) is 3.28. The van der Waals surface area contributed by atoms with Crippen LogP contribution in [0, 0.1) is 10.1 Å². The molecule has 2 rings (SSSR count). The van der Waals surface area contributed by atoms with E-state index in [9.17, 15) is 15.2 Å². The molecule has 19 heavy (non-hydrogen) atoms. The maximum absolute atomic E-state index is 10.5. The van der Waals surface area contributed by atoms with Crippen LogP contribution >= 0.6 is 34.5 Å². The van der Waals surface area contributed by atoms with Crippen LogP contribution in [0.3, 0.4) is 0 Å². The summed E-state index contributed by atoms with van der Waals surface area (Å²) in [6, 6.07) is 4.56. The standard InChI is InChI=1S/C11H8Cl2N2O3S/c12-8-2-7(3-9(13)11(8)16)14-4-6-1-10(15(17)18)19-5-6/h1-3,5,14,16H,4H2. The highest BCUT2D eigenvalue weighted by atomic mass is 35.5. The molecule has 0 atom stereocenters. The van der Waals surface area contributed by atoms with Crippen LogP contribution in [0.5, 0.6) is 5.75 Å². The molecule has 0 bridgehead atoms. The summed E-state index contributed by atoms with van der Waals surface area (Å²) in [6.45, 7) is 0.405. The van der Waals surface area contributed by atoms with Crippen molar-refractivity contribution in [2.45, 2.75) is 6.54 Å². The predicted molar refractivity (Wildman–Crippen MR) is 76.4 cm³/mol. The Morgan fingerprint density at radius 2 is 1.95 bits per heavy atom. The molecule has 0 saturated carbocycles. The summed E-state index contributed by atoms with van der Waals surface area (Å²) >= 11 is 12.6. The van der Waals surface area contributed by atoms with E-state index < -0.39 is 4.92 Å². The zero-order valence-corrected chi connectivity index (χ0v) is 11.7. The fourth-order valence-electron chi connectivity index (χ4n) is 1.42. The number of nitrogens with zero attached hydrogens (tertiary/aromatic N) is 1. The van der Waals surface area contributed by atoms with Crippen LogP contribution in [0.15, 0.2) is 23.6 Å². The van der Waals surface area contributed by atoms with E-state index in [4.69, 9.17) is 23.2 Å². The number of nitro groups is 1. The molecule has 2 aromatic rings. The molecule has 0 amide bonds. The summed E-state index contributed by atoms with van der Waals surface area (Å²) < 4.78 is 0. The van der Waals surface area contributed by atoms with Gasteiger partial charge in [0.2, 0.25) is 0 Å². The zero-order valence-electron chi connectivity index (χ0n) is 9.39. The first-order chi connectivity index (χ1) is 8.97. The summed E-state index contributed by atoms with van der Waals surface area (Å²) in [5.41, 5.74) is 1.42. The van der Waals surface area contributed by atoms with Gasteiger partial charge in [-0.05, 0) is 17.7 Å². The van der Waals surface area contributed by atoms with Crippen LogP contribution in [-0.2, 0) is 6.54 Å². The summed E-state index contributed by atoms with van der Waals surface area (Å²) in [4.78, 5) is 10.1. The highest BCUT2D eigenvalue weighted by molar-refractivity contribution is 7.13. The molecule has 0 fully saturated rings. The number of halogens is 2. The highest BCUT2D eigenvalue weighted by Crippen LogP contribution is 2.34. The quantitative estimate of drug-likeness (QED) is 0.501. The Hall–Kier alpha value is -1.50. The fraction of sp³-hybridized carbons (Fsp3) is 0.0909. The van der Waals surface area contributed by atoms with Crippen molar-refractivity contribution in [2.75, 3.05) is 5.32 Å². The minimum Gasteiger partial charge on any atom is -0.505 e. The average Bonchev–Trinajstić information content (AvgIpc) is 2.82. The first kappa shape index (κ1) is 13.9. The van der Waals surface area contributed by atoms with E-state index in [2.05, 4.69) is 5.32 Å². The first-order valence-corrected chi connectivity index (χ1v) is 6.74. The van der Waals surface area contributed by atoms with Gasteiger partial charge in [0.1, 0.15) is 0 Å². The van der Waals surface area contributed by atoms with Crippen molar-refractivity contribution in [1.82, 2.24) is 0 Å². The van der Waals surface area contributed by atoms with E-state index in [0.717, 1.165) is 16.9 Å². The van der Waals surface area contributed by atoms with Gasteiger partial charge in [0.15, 0.2) is 5.75 Å². The number of benzene rings is 1. The van der Waals surface area contributed by atoms with Crippen molar-refractivity contribution in [3.05, 3.63) is 49.3 Å². The van der Waals surface area contributed by atoms with Crippen molar-refractivity contribution in [3.8, 4) is 5.75 Å². The lowest BCUT2D eigenvalue weighted by Gasteiger charge is -2.07. The Bertz CT molecular complexity index is 607. The minimum absolute atomic E-state index is 0.0959. The van der Waals surface area contributed by atoms with Crippen molar-refractivity contribution < 1.29 is 10.0 Å². The zero-order chi connectivity index (χ0) is 14.0. The number of phenolic OH excluding ortho intramolecular Hbond substituents is 1. The Kier molecular flexibility index (Phi) is 4.14. The molecule has 0 spiro atoms. The SMILES string of the molecule is O=[N+]([O-])c1cc(CNc2cc(Cl)c(O)c(Cl)c2)cs1. The topological polar surface area (TPSA) is 75.4 Å². The van der Waals surface area contributed by atoms with Crippen molar-refractivity contribution in [1.29, 1.82) is 0 Å². The Morgan fingerprint density at radius 3 is 2.47 bits per heavy atom. The average molecular weight is 319 g/mol. The molecule has 0 unspecified atom stereocenters. The monoisotopic (exact) mass is 318 g/mol. The number of hydrogen-bond acceptors (Lipinski definition) is 5. The maximum Gasteiger partial charge on any atom is 0.324 e. The van der Waals surface area contributed by atoms with E-state index in [0.29, 0.717) is 12.2 Å². The van der Waals surface area contributed by atoms with E-state index in [1.54, 1.807) is 5.38 Å². The largest absolute Gasteiger partial charge is 0.505 e. The van der Waals surface area contributed by atoms with Crippen LogP contribution in [0.2, 0.25) is 10.0 Å². The van der Waals surface area contributed by atoms with Gasteiger partial charge in [-0.2, -0.15) is 0 Å². The lowest BCUT2D eigenvalue weighted by Crippen LogP contribution is -1.98. The molecular weight excluding hydrogens is 311 g/mol. The Balaban J connectivity index is 2.08. The maximum atomic E-state index is 10.5. The number of aromatic hydroxyl groups is 1. The summed E-state index contributed by atoms with van der Waals surface area (Å²) in [7, 11) is 0. The van der Waals surface area contributed by atoms with Gasteiger partial charge in [0, 0.05) is 23.7 Å². The minimum atomic E-state index is -0.428. The lowest BCUT2D eigenvalue weighted by molar-refractivity contribution is -0.380. The Labute approximate surface area is 122 Å². The lowest BCUT2D eigenvalue weighted by atomic mass is 10.2. The van der Waals surface area contributed by atoms with Crippen LogP contribution < -0.4 is 5.32 Å². The predicted octanol–water partition coefficient (Wildman–Crippen LogP) is 4.28. The van der Waals surface area contributed by atoms with E-state index in [1.165, 1.54) is 18.2 Å². The molecule has 8 heteroatoms. The van der Waals surface area contributed by atoms with E-state index >= 15 is 0 Å². The van der Waals surface area contributed by atoms with Gasteiger partial charge in [-0.3, -0.25) is 10.1 Å². The summed E-state index contributed by atoms with van der Waals surface area (Å²) in [6.07, 6.45) is 0. The van der Waals surface area contributed by atoms with Crippen LogP contribution in [0.25, 0.3) is 0 Å². The second kappa shape index (κ2) is 5.64. The molecule has 0 radical (unpaired) electrons. The summed E-state index contributed by atoms with van der Waals surface area (Å²) in [5.74, 6) is -0.167. The summed E-state index contributed by atoms with van der Waals surface area (Å²) in [5, 5.41) is 25.1. The number of phenols is 1. The molecule has 2 N–H and O–H groups in total.